The molecular weight excluding hydrogens is 292 g/mol. The Morgan fingerprint density at radius 3 is 2.83 bits per heavy atom. The van der Waals surface area contributed by atoms with Crippen molar-refractivity contribution in [3.05, 3.63) is 35.9 Å². The number of aromatic nitrogens is 4. The fraction of sp³-hybridized carbons (Fsp3) is 0.500. The highest BCUT2D eigenvalue weighted by molar-refractivity contribution is 5.79. The second-order valence-corrected chi connectivity index (χ2v) is 6.16. The van der Waals surface area contributed by atoms with Crippen LogP contribution >= 0.6 is 0 Å². The topological polar surface area (TPSA) is 75.9 Å². The molecule has 1 amide bonds. The Balaban J connectivity index is 1.40. The van der Waals surface area contributed by atoms with E-state index in [1.54, 1.807) is 18.5 Å². The van der Waals surface area contributed by atoms with E-state index in [1.807, 2.05) is 9.58 Å². The van der Waals surface area contributed by atoms with E-state index < -0.39 is 0 Å². The summed E-state index contributed by atoms with van der Waals surface area (Å²) in [6.45, 7) is 2.79. The summed E-state index contributed by atoms with van der Waals surface area (Å²) in [6.07, 6.45) is 6.72. The van der Waals surface area contributed by atoms with Gasteiger partial charge in [-0.1, -0.05) is 6.42 Å². The molecule has 0 atom stereocenters. The van der Waals surface area contributed by atoms with Crippen molar-refractivity contribution in [2.24, 2.45) is 5.92 Å². The summed E-state index contributed by atoms with van der Waals surface area (Å²) in [6, 6.07) is 3.85. The van der Waals surface area contributed by atoms with Crippen LogP contribution in [-0.2, 0) is 24.4 Å². The highest BCUT2D eigenvalue weighted by Crippen LogP contribution is 2.29. The molecule has 0 radical (unpaired) electrons. The van der Waals surface area contributed by atoms with Crippen molar-refractivity contribution in [3.8, 4) is 0 Å². The van der Waals surface area contributed by atoms with Gasteiger partial charge in [0.1, 0.15) is 0 Å². The molecule has 3 heterocycles. The molecule has 0 aromatic carbocycles. The van der Waals surface area contributed by atoms with Crippen molar-refractivity contribution >= 4 is 11.9 Å². The Labute approximate surface area is 134 Å². The van der Waals surface area contributed by atoms with Crippen molar-refractivity contribution < 1.29 is 4.79 Å². The molecule has 1 N–H and O–H groups in total. The summed E-state index contributed by atoms with van der Waals surface area (Å²) in [7, 11) is 0. The van der Waals surface area contributed by atoms with E-state index in [0.29, 0.717) is 24.9 Å². The van der Waals surface area contributed by atoms with Gasteiger partial charge >= 0.3 is 0 Å². The number of anilines is 1. The Morgan fingerprint density at radius 2 is 2.09 bits per heavy atom. The number of amides is 1. The van der Waals surface area contributed by atoms with Crippen LogP contribution in [0.25, 0.3) is 0 Å². The Hall–Kier alpha value is -2.44. The Kier molecular flexibility index (Phi) is 3.69. The Bertz CT molecular complexity index is 694. The summed E-state index contributed by atoms with van der Waals surface area (Å²) < 4.78 is 2.01. The third kappa shape index (κ3) is 2.91. The second kappa shape index (κ2) is 5.98. The van der Waals surface area contributed by atoms with Crippen LogP contribution in [0.5, 0.6) is 0 Å². The van der Waals surface area contributed by atoms with Gasteiger partial charge in [0.05, 0.1) is 31.0 Å². The van der Waals surface area contributed by atoms with E-state index >= 15 is 0 Å². The molecule has 1 fully saturated rings. The molecule has 7 heteroatoms. The average molecular weight is 312 g/mol. The van der Waals surface area contributed by atoms with Gasteiger partial charge in [-0.25, -0.2) is 9.97 Å². The number of nitrogens with one attached hydrogen (secondary N) is 1. The van der Waals surface area contributed by atoms with Gasteiger partial charge in [-0.3, -0.25) is 9.48 Å². The molecule has 4 rings (SSSR count). The number of carbonyl (C=O) groups is 1. The maximum absolute atomic E-state index is 12.4. The molecule has 2 aromatic rings. The first-order chi connectivity index (χ1) is 11.3. The zero-order valence-corrected chi connectivity index (χ0v) is 13.0. The molecule has 1 saturated carbocycles. The van der Waals surface area contributed by atoms with Gasteiger partial charge in [0, 0.05) is 24.9 Å². The van der Waals surface area contributed by atoms with Crippen LogP contribution in [0.3, 0.4) is 0 Å². The van der Waals surface area contributed by atoms with Crippen LogP contribution in [0, 0.1) is 5.92 Å². The molecule has 0 bridgehead atoms. The summed E-state index contributed by atoms with van der Waals surface area (Å²) in [4.78, 5) is 22.6. The quantitative estimate of drug-likeness (QED) is 0.924. The predicted octanol–water partition coefficient (Wildman–Crippen LogP) is 1.43. The summed E-state index contributed by atoms with van der Waals surface area (Å²) >= 11 is 0. The Morgan fingerprint density at radius 1 is 1.26 bits per heavy atom. The summed E-state index contributed by atoms with van der Waals surface area (Å²) in [5.74, 6) is 1.18. The molecule has 1 aliphatic carbocycles. The molecular formula is C16H20N6O. The van der Waals surface area contributed by atoms with Gasteiger partial charge < -0.3 is 10.2 Å². The van der Waals surface area contributed by atoms with Crippen molar-refractivity contribution in [3.63, 3.8) is 0 Å². The van der Waals surface area contributed by atoms with Crippen LogP contribution in [0.15, 0.2) is 24.5 Å². The van der Waals surface area contributed by atoms with Crippen LogP contribution in [0.1, 0.15) is 30.7 Å². The van der Waals surface area contributed by atoms with E-state index in [-0.39, 0.29) is 5.92 Å². The number of fused-ring (bicyclic) bond motifs is 1. The number of rotatable bonds is 4. The average Bonchev–Trinajstić information content (AvgIpc) is 2.94. The van der Waals surface area contributed by atoms with Gasteiger partial charge in [0.15, 0.2) is 0 Å². The molecule has 0 spiro atoms. The zero-order chi connectivity index (χ0) is 15.6. The number of hydrogen-bond acceptors (Lipinski definition) is 5. The van der Waals surface area contributed by atoms with Crippen molar-refractivity contribution in [1.82, 2.24) is 24.6 Å². The van der Waals surface area contributed by atoms with Gasteiger partial charge in [-0.2, -0.15) is 5.10 Å². The SMILES string of the molecule is O=C(C1CCC1)N1CCn2nc(CNc3ncccn3)cc2C1. The lowest BCUT2D eigenvalue weighted by Gasteiger charge is -2.34. The normalized spacial score (nSPS) is 17.5. The van der Waals surface area contributed by atoms with Gasteiger partial charge in [0.25, 0.3) is 0 Å². The van der Waals surface area contributed by atoms with Crippen molar-refractivity contribution in [2.45, 2.75) is 38.9 Å². The lowest BCUT2D eigenvalue weighted by molar-refractivity contribution is -0.139. The number of carbonyl (C=O) groups excluding carboxylic acids is 1. The van der Waals surface area contributed by atoms with Crippen molar-refractivity contribution in [2.75, 3.05) is 11.9 Å². The molecule has 120 valence electrons. The first-order valence-electron chi connectivity index (χ1n) is 8.15. The zero-order valence-electron chi connectivity index (χ0n) is 13.0. The summed E-state index contributed by atoms with van der Waals surface area (Å²) in [5.41, 5.74) is 2.06. The van der Waals surface area contributed by atoms with E-state index in [4.69, 9.17) is 0 Å². The van der Waals surface area contributed by atoms with Crippen LogP contribution in [0.2, 0.25) is 0 Å². The third-order valence-electron chi connectivity index (χ3n) is 4.61. The van der Waals surface area contributed by atoms with Crippen molar-refractivity contribution in [1.29, 1.82) is 0 Å². The fourth-order valence-corrected chi connectivity index (χ4v) is 3.07. The molecule has 0 saturated heterocycles. The van der Waals surface area contributed by atoms with Crippen LogP contribution in [-0.4, -0.2) is 37.1 Å². The maximum Gasteiger partial charge on any atom is 0.226 e. The highest BCUT2D eigenvalue weighted by atomic mass is 16.2. The second-order valence-electron chi connectivity index (χ2n) is 6.16. The predicted molar refractivity (Wildman–Crippen MR) is 84.3 cm³/mol. The third-order valence-corrected chi connectivity index (χ3v) is 4.61. The lowest BCUT2D eigenvalue weighted by Crippen LogP contribution is -2.43. The van der Waals surface area contributed by atoms with Gasteiger partial charge in [-0.15, -0.1) is 0 Å². The van der Waals surface area contributed by atoms with E-state index in [1.165, 1.54) is 6.42 Å². The minimum atomic E-state index is 0.265. The van der Waals surface area contributed by atoms with E-state index in [2.05, 4.69) is 26.4 Å². The standard InChI is InChI=1S/C16H20N6O/c23-15(12-3-1-4-12)21-7-8-22-14(11-21)9-13(20-22)10-19-16-17-5-2-6-18-16/h2,5-6,9,12H,1,3-4,7-8,10-11H2,(H,17,18,19). The van der Waals surface area contributed by atoms with Crippen LogP contribution < -0.4 is 5.32 Å². The van der Waals surface area contributed by atoms with E-state index in [9.17, 15) is 4.79 Å². The van der Waals surface area contributed by atoms with E-state index in [0.717, 1.165) is 37.3 Å². The molecule has 23 heavy (non-hydrogen) atoms. The smallest absolute Gasteiger partial charge is 0.226 e. The molecule has 7 nitrogen and oxygen atoms in total. The summed E-state index contributed by atoms with van der Waals surface area (Å²) in [5, 5.41) is 7.76. The maximum atomic E-state index is 12.4. The first kappa shape index (κ1) is 14.2. The molecule has 0 unspecified atom stereocenters. The van der Waals surface area contributed by atoms with Crippen LogP contribution in [0.4, 0.5) is 5.95 Å². The van der Waals surface area contributed by atoms with Gasteiger partial charge in [-0.05, 0) is 25.0 Å². The minimum absolute atomic E-state index is 0.265. The number of nitrogens with zero attached hydrogens (tertiary/aromatic N) is 5. The first-order valence-corrected chi connectivity index (χ1v) is 8.15. The highest BCUT2D eigenvalue weighted by Gasteiger charge is 2.31. The lowest BCUT2D eigenvalue weighted by atomic mass is 9.84. The monoisotopic (exact) mass is 312 g/mol. The van der Waals surface area contributed by atoms with Gasteiger partial charge in [0.2, 0.25) is 11.9 Å². The fourth-order valence-electron chi connectivity index (χ4n) is 3.07. The largest absolute Gasteiger partial charge is 0.348 e. The minimum Gasteiger partial charge on any atom is -0.348 e. The number of hydrogen-bond donors (Lipinski definition) is 1. The molecule has 2 aromatic heterocycles. The molecule has 1 aliphatic heterocycles. The molecule has 2 aliphatic rings.